The molecule has 0 N–H and O–H groups in total. The van der Waals surface area contributed by atoms with Crippen LogP contribution in [0.1, 0.15) is 53.6 Å². The number of rotatable bonds is 6. The SMILES string of the molecule is Cc1ccc(N2C(=O)c3oc4ccccc4c(=O)c3[C@H]2c2cccc(OCCC(C)C)c2)nc1. The molecule has 0 radical (unpaired) electrons. The van der Waals surface area contributed by atoms with Gasteiger partial charge in [0.05, 0.1) is 23.6 Å². The van der Waals surface area contributed by atoms with Gasteiger partial charge in [-0.1, -0.05) is 44.2 Å². The van der Waals surface area contributed by atoms with Crippen molar-refractivity contribution in [2.45, 2.75) is 33.2 Å². The molecule has 1 aliphatic rings. The summed E-state index contributed by atoms with van der Waals surface area (Å²) in [5.41, 5.74) is 2.24. The van der Waals surface area contributed by atoms with E-state index in [9.17, 15) is 9.59 Å². The Morgan fingerprint density at radius 2 is 1.88 bits per heavy atom. The maximum atomic E-state index is 13.6. The van der Waals surface area contributed by atoms with Crippen LogP contribution in [0.5, 0.6) is 5.75 Å². The molecule has 34 heavy (non-hydrogen) atoms. The minimum absolute atomic E-state index is 0.0576. The number of fused-ring (bicyclic) bond motifs is 2. The molecule has 0 saturated heterocycles. The van der Waals surface area contributed by atoms with Crippen LogP contribution >= 0.6 is 0 Å². The molecule has 0 aliphatic carbocycles. The number of carbonyl (C=O) groups is 1. The maximum absolute atomic E-state index is 13.6. The number of nitrogens with zero attached hydrogens (tertiary/aromatic N) is 2. The molecule has 0 bridgehead atoms. The highest BCUT2D eigenvalue weighted by molar-refractivity contribution is 6.10. The summed E-state index contributed by atoms with van der Waals surface area (Å²) in [6.07, 6.45) is 2.64. The van der Waals surface area contributed by atoms with Gasteiger partial charge in [-0.3, -0.25) is 14.5 Å². The molecule has 5 rings (SSSR count). The zero-order valence-corrected chi connectivity index (χ0v) is 19.4. The van der Waals surface area contributed by atoms with Crippen molar-refractivity contribution in [1.29, 1.82) is 0 Å². The van der Waals surface area contributed by atoms with Crippen molar-refractivity contribution in [2.75, 3.05) is 11.5 Å². The van der Waals surface area contributed by atoms with Gasteiger partial charge in [0.15, 0.2) is 5.43 Å². The molecule has 1 aliphatic heterocycles. The van der Waals surface area contributed by atoms with Gasteiger partial charge in [-0.2, -0.15) is 0 Å². The van der Waals surface area contributed by atoms with Crippen molar-refractivity contribution < 1.29 is 13.9 Å². The highest BCUT2D eigenvalue weighted by Gasteiger charge is 2.44. The number of anilines is 1. The first kappa shape index (κ1) is 21.9. The number of aromatic nitrogens is 1. The van der Waals surface area contributed by atoms with Crippen LogP contribution in [0.3, 0.4) is 0 Å². The lowest BCUT2D eigenvalue weighted by molar-refractivity contribution is 0.0970. The summed E-state index contributed by atoms with van der Waals surface area (Å²) in [4.78, 5) is 33.3. The molecule has 6 heteroatoms. The second kappa shape index (κ2) is 8.78. The molecule has 1 atom stereocenters. The fraction of sp³-hybridized carbons (Fsp3) is 0.250. The maximum Gasteiger partial charge on any atom is 0.296 e. The minimum atomic E-state index is -0.674. The highest BCUT2D eigenvalue weighted by Crippen LogP contribution is 2.41. The quantitative estimate of drug-likeness (QED) is 0.375. The first-order valence-electron chi connectivity index (χ1n) is 11.5. The number of para-hydroxylation sites is 1. The number of pyridine rings is 1. The second-order valence-corrected chi connectivity index (χ2v) is 9.05. The number of ether oxygens (including phenoxy) is 1. The molecule has 2 aromatic heterocycles. The van der Waals surface area contributed by atoms with Gasteiger partial charge in [0, 0.05) is 6.20 Å². The average Bonchev–Trinajstić information content (AvgIpc) is 3.12. The summed E-state index contributed by atoms with van der Waals surface area (Å²) in [5.74, 6) is 1.36. The summed E-state index contributed by atoms with van der Waals surface area (Å²) in [5, 5.41) is 0.446. The van der Waals surface area contributed by atoms with E-state index in [1.54, 1.807) is 41.4 Å². The van der Waals surface area contributed by atoms with Crippen molar-refractivity contribution in [2.24, 2.45) is 5.92 Å². The molecule has 1 amide bonds. The van der Waals surface area contributed by atoms with E-state index in [1.165, 1.54) is 0 Å². The fourth-order valence-corrected chi connectivity index (χ4v) is 4.26. The monoisotopic (exact) mass is 454 g/mol. The van der Waals surface area contributed by atoms with Crippen LogP contribution in [0.25, 0.3) is 11.0 Å². The molecule has 0 spiro atoms. The van der Waals surface area contributed by atoms with E-state index >= 15 is 0 Å². The van der Waals surface area contributed by atoms with Crippen LogP contribution in [0, 0.1) is 12.8 Å². The standard InChI is InChI=1S/C28H26N2O4/c1-17(2)13-14-33-20-8-6-7-19(15-20)25-24-26(31)21-9-4-5-10-22(21)34-27(24)28(32)30(25)23-12-11-18(3)16-29-23/h4-12,15-17,25H,13-14H2,1-3H3/t25-/m1/s1. The predicted molar refractivity (Wildman–Crippen MR) is 132 cm³/mol. The zero-order chi connectivity index (χ0) is 23.8. The highest BCUT2D eigenvalue weighted by atomic mass is 16.5. The largest absolute Gasteiger partial charge is 0.494 e. The van der Waals surface area contributed by atoms with Gasteiger partial charge in [0.2, 0.25) is 5.76 Å². The smallest absolute Gasteiger partial charge is 0.296 e. The normalized spacial score (nSPS) is 15.2. The number of carbonyl (C=O) groups excluding carboxylic acids is 1. The van der Waals surface area contributed by atoms with E-state index in [2.05, 4.69) is 18.8 Å². The van der Waals surface area contributed by atoms with Gasteiger partial charge in [-0.25, -0.2) is 4.98 Å². The molecular formula is C28H26N2O4. The van der Waals surface area contributed by atoms with Crippen LogP contribution in [0.4, 0.5) is 5.82 Å². The second-order valence-electron chi connectivity index (χ2n) is 9.05. The Morgan fingerprint density at radius 1 is 1.06 bits per heavy atom. The average molecular weight is 455 g/mol. The summed E-state index contributed by atoms with van der Waals surface area (Å²) in [7, 11) is 0. The van der Waals surface area contributed by atoms with Crippen molar-refractivity contribution in [1.82, 2.24) is 4.98 Å². The van der Waals surface area contributed by atoms with Crippen molar-refractivity contribution >= 4 is 22.7 Å². The van der Waals surface area contributed by atoms with E-state index in [-0.39, 0.29) is 17.1 Å². The Bertz CT molecular complexity index is 1420. The summed E-state index contributed by atoms with van der Waals surface area (Å²) in [6.45, 7) is 6.83. The van der Waals surface area contributed by atoms with Crippen molar-refractivity contribution in [3.63, 3.8) is 0 Å². The van der Waals surface area contributed by atoms with Gasteiger partial charge in [0.25, 0.3) is 5.91 Å². The number of hydrogen-bond donors (Lipinski definition) is 0. The van der Waals surface area contributed by atoms with E-state index in [4.69, 9.17) is 9.15 Å². The third kappa shape index (κ3) is 3.85. The van der Waals surface area contributed by atoms with Gasteiger partial charge < -0.3 is 9.15 Å². The minimum Gasteiger partial charge on any atom is -0.494 e. The first-order valence-corrected chi connectivity index (χ1v) is 11.5. The molecule has 2 aromatic carbocycles. The molecule has 0 fully saturated rings. The number of aryl methyl sites for hydroxylation is 1. The summed E-state index contributed by atoms with van der Waals surface area (Å²) >= 11 is 0. The Kier molecular flexibility index (Phi) is 5.65. The van der Waals surface area contributed by atoms with Crippen LogP contribution in [0.15, 0.2) is 76.1 Å². The number of hydrogen-bond acceptors (Lipinski definition) is 5. The predicted octanol–water partition coefficient (Wildman–Crippen LogP) is 5.67. The Labute approximate surface area is 197 Å². The molecule has 3 heterocycles. The Hall–Kier alpha value is -3.93. The zero-order valence-electron chi connectivity index (χ0n) is 19.4. The Balaban J connectivity index is 1.67. The van der Waals surface area contributed by atoms with Gasteiger partial charge in [-0.05, 0) is 60.7 Å². The van der Waals surface area contributed by atoms with Crippen LogP contribution in [-0.4, -0.2) is 17.5 Å². The van der Waals surface area contributed by atoms with Crippen molar-refractivity contribution in [3.05, 3.63) is 99.5 Å². The lowest BCUT2D eigenvalue weighted by Crippen LogP contribution is -2.30. The van der Waals surface area contributed by atoms with Gasteiger partial charge in [-0.15, -0.1) is 0 Å². The summed E-state index contributed by atoms with van der Waals surface area (Å²) in [6, 6.07) is 17.6. The molecular weight excluding hydrogens is 428 g/mol. The van der Waals surface area contributed by atoms with Gasteiger partial charge in [0.1, 0.15) is 17.2 Å². The third-order valence-electron chi connectivity index (χ3n) is 6.06. The van der Waals surface area contributed by atoms with Gasteiger partial charge >= 0.3 is 0 Å². The molecule has 6 nitrogen and oxygen atoms in total. The first-order chi connectivity index (χ1) is 16.4. The summed E-state index contributed by atoms with van der Waals surface area (Å²) < 4.78 is 12.0. The van der Waals surface area contributed by atoms with Crippen LogP contribution in [-0.2, 0) is 0 Å². The van der Waals surface area contributed by atoms with Crippen LogP contribution < -0.4 is 15.1 Å². The lowest BCUT2D eigenvalue weighted by atomic mass is 9.98. The topological polar surface area (TPSA) is 72.6 Å². The van der Waals surface area contributed by atoms with E-state index < -0.39 is 6.04 Å². The van der Waals surface area contributed by atoms with E-state index in [1.807, 2.05) is 37.3 Å². The lowest BCUT2D eigenvalue weighted by Gasteiger charge is -2.24. The van der Waals surface area contributed by atoms with Crippen molar-refractivity contribution in [3.8, 4) is 5.75 Å². The number of amides is 1. The molecule has 0 unspecified atom stereocenters. The van der Waals surface area contributed by atoms with E-state index in [0.717, 1.165) is 17.5 Å². The van der Waals surface area contributed by atoms with Crippen LogP contribution in [0.2, 0.25) is 0 Å². The third-order valence-corrected chi connectivity index (χ3v) is 6.06. The molecule has 0 saturated carbocycles. The molecule has 4 aromatic rings. The number of benzene rings is 2. The van der Waals surface area contributed by atoms with E-state index in [0.29, 0.717) is 40.6 Å². The fourth-order valence-electron chi connectivity index (χ4n) is 4.26. The Morgan fingerprint density at radius 3 is 2.65 bits per heavy atom. The molecule has 172 valence electrons.